The molecule has 0 spiro atoms. The zero-order valence-corrected chi connectivity index (χ0v) is 11.4. The van der Waals surface area contributed by atoms with Crippen LogP contribution in [0.3, 0.4) is 0 Å². The molecule has 0 aromatic rings. The van der Waals surface area contributed by atoms with Gasteiger partial charge < -0.3 is 5.32 Å². The topological polar surface area (TPSA) is 29.1 Å². The van der Waals surface area contributed by atoms with Crippen molar-refractivity contribution >= 4 is 10.8 Å². The molecule has 0 heterocycles. The molecule has 0 fully saturated rings. The van der Waals surface area contributed by atoms with Crippen LogP contribution in [0.2, 0.25) is 0 Å². The van der Waals surface area contributed by atoms with Gasteiger partial charge in [0.1, 0.15) is 0 Å². The van der Waals surface area contributed by atoms with Gasteiger partial charge in [-0.1, -0.05) is 39.0 Å². The van der Waals surface area contributed by atoms with Crippen LogP contribution in [0.1, 0.15) is 52.4 Å². The summed E-state index contributed by atoms with van der Waals surface area (Å²) < 4.78 is 10.9. The van der Waals surface area contributed by atoms with Gasteiger partial charge in [0.15, 0.2) is 0 Å². The Balaban J connectivity index is 3.13. The van der Waals surface area contributed by atoms with Gasteiger partial charge in [0, 0.05) is 28.9 Å². The summed E-state index contributed by atoms with van der Waals surface area (Å²) in [4.78, 5) is 0. The van der Waals surface area contributed by atoms with Crippen molar-refractivity contribution < 1.29 is 4.21 Å². The highest BCUT2D eigenvalue weighted by atomic mass is 32.2. The molecular weight excluding hydrogens is 206 g/mol. The third kappa shape index (κ3) is 12.0. The van der Waals surface area contributed by atoms with E-state index < -0.39 is 10.8 Å². The van der Waals surface area contributed by atoms with Crippen molar-refractivity contribution in [3.63, 3.8) is 0 Å². The van der Waals surface area contributed by atoms with E-state index in [1.54, 1.807) is 6.26 Å². The zero-order valence-electron chi connectivity index (χ0n) is 10.6. The third-order valence-corrected chi connectivity index (χ3v) is 3.48. The maximum Gasteiger partial charge on any atom is 0.0383 e. The van der Waals surface area contributed by atoms with Gasteiger partial charge in [-0.15, -0.1) is 0 Å². The molecule has 0 bridgehead atoms. The van der Waals surface area contributed by atoms with E-state index in [4.69, 9.17) is 0 Å². The molecule has 0 amide bonds. The molecule has 0 aliphatic carbocycles. The minimum atomic E-state index is -0.670. The Bertz CT molecular complexity index is 162. The summed E-state index contributed by atoms with van der Waals surface area (Å²) in [5.74, 6) is 0.774. The second kappa shape index (κ2) is 10.6. The van der Waals surface area contributed by atoms with Crippen LogP contribution in [0.4, 0.5) is 0 Å². The number of unbranched alkanes of at least 4 members (excludes halogenated alkanes) is 5. The van der Waals surface area contributed by atoms with Gasteiger partial charge in [0.05, 0.1) is 0 Å². The molecule has 1 N–H and O–H groups in total. The van der Waals surface area contributed by atoms with E-state index in [0.717, 1.165) is 12.3 Å². The van der Waals surface area contributed by atoms with Crippen molar-refractivity contribution in [2.75, 3.05) is 18.6 Å². The van der Waals surface area contributed by atoms with Crippen LogP contribution in [0, 0.1) is 0 Å². The minimum Gasteiger partial charge on any atom is -0.313 e. The number of hydrogen-bond donors (Lipinski definition) is 1. The lowest BCUT2D eigenvalue weighted by Crippen LogP contribution is -2.31. The first-order valence-electron chi connectivity index (χ1n) is 6.20. The predicted molar refractivity (Wildman–Crippen MR) is 69.8 cm³/mol. The van der Waals surface area contributed by atoms with Crippen LogP contribution in [-0.4, -0.2) is 28.8 Å². The van der Waals surface area contributed by atoms with Gasteiger partial charge in [-0.2, -0.15) is 0 Å². The summed E-state index contributed by atoms with van der Waals surface area (Å²) >= 11 is 0. The molecule has 2 atom stereocenters. The normalized spacial score (nSPS) is 15.1. The third-order valence-electron chi connectivity index (χ3n) is 2.51. The Labute approximate surface area is 97.7 Å². The van der Waals surface area contributed by atoms with Gasteiger partial charge in [-0.25, -0.2) is 0 Å². The zero-order chi connectivity index (χ0) is 11.5. The maximum atomic E-state index is 10.9. The van der Waals surface area contributed by atoms with Gasteiger partial charge in [0.25, 0.3) is 0 Å². The van der Waals surface area contributed by atoms with E-state index in [9.17, 15) is 4.21 Å². The Morgan fingerprint density at radius 2 is 1.73 bits per heavy atom. The summed E-state index contributed by atoms with van der Waals surface area (Å²) in [6.45, 7) is 5.43. The van der Waals surface area contributed by atoms with Crippen molar-refractivity contribution in [2.24, 2.45) is 0 Å². The highest BCUT2D eigenvalue weighted by Gasteiger charge is 2.02. The summed E-state index contributed by atoms with van der Waals surface area (Å²) in [6, 6.07) is 0.395. The smallest absolute Gasteiger partial charge is 0.0383 e. The summed E-state index contributed by atoms with van der Waals surface area (Å²) in [5.41, 5.74) is 0. The van der Waals surface area contributed by atoms with Crippen LogP contribution >= 0.6 is 0 Å². The molecule has 0 rings (SSSR count). The van der Waals surface area contributed by atoms with Crippen molar-refractivity contribution in [1.82, 2.24) is 5.32 Å². The van der Waals surface area contributed by atoms with E-state index in [0.29, 0.717) is 6.04 Å². The highest BCUT2D eigenvalue weighted by molar-refractivity contribution is 7.84. The quantitative estimate of drug-likeness (QED) is 0.588. The van der Waals surface area contributed by atoms with Crippen molar-refractivity contribution in [3.8, 4) is 0 Å². The van der Waals surface area contributed by atoms with E-state index >= 15 is 0 Å². The van der Waals surface area contributed by atoms with Gasteiger partial charge in [-0.05, 0) is 19.9 Å². The molecule has 0 aliphatic heterocycles. The Hall–Kier alpha value is 0.110. The lowest BCUT2D eigenvalue weighted by Gasteiger charge is -2.11. The van der Waals surface area contributed by atoms with Crippen LogP contribution in [0.25, 0.3) is 0 Å². The van der Waals surface area contributed by atoms with Gasteiger partial charge in [0.2, 0.25) is 0 Å². The molecule has 0 saturated carbocycles. The average Bonchev–Trinajstić information content (AvgIpc) is 2.15. The lowest BCUT2D eigenvalue weighted by atomic mass is 10.1. The SMILES string of the molecule is CCCCCCCCNC(C)CS(C)=O. The largest absolute Gasteiger partial charge is 0.313 e. The monoisotopic (exact) mass is 233 g/mol. The van der Waals surface area contributed by atoms with Crippen molar-refractivity contribution in [1.29, 1.82) is 0 Å². The predicted octanol–water partition coefficient (Wildman–Crippen LogP) is 2.70. The summed E-state index contributed by atoms with van der Waals surface area (Å²) in [5, 5.41) is 3.41. The second-order valence-electron chi connectivity index (χ2n) is 4.36. The Kier molecular flexibility index (Phi) is 10.7. The second-order valence-corrected chi connectivity index (χ2v) is 5.84. The molecule has 0 aromatic heterocycles. The van der Waals surface area contributed by atoms with Crippen LogP contribution < -0.4 is 5.32 Å². The van der Waals surface area contributed by atoms with E-state index in [1.807, 2.05) is 0 Å². The Morgan fingerprint density at radius 1 is 1.13 bits per heavy atom. The molecule has 3 heteroatoms. The van der Waals surface area contributed by atoms with Crippen molar-refractivity contribution in [3.05, 3.63) is 0 Å². The molecular formula is C12H27NOS. The van der Waals surface area contributed by atoms with Gasteiger partial charge >= 0.3 is 0 Å². The number of rotatable bonds is 10. The van der Waals surface area contributed by atoms with Gasteiger partial charge in [-0.3, -0.25) is 4.21 Å². The molecule has 92 valence electrons. The first-order chi connectivity index (χ1) is 7.16. The fourth-order valence-corrected chi connectivity index (χ4v) is 2.49. The fourth-order valence-electron chi connectivity index (χ4n) is 1.66. The average molecular weight is 233 g/mol. The molecule has 15 heavy (non-hydrogen) atoms. The minimum absolute atomic E-state index is 0.395. The number of nitrogens with one attached hydrogen (secondary N) is 1. The number of hydrogen-bond acceptors (Lipinski definition) is 2. The molecule has 2 unspecified atom stereocenters. The first kappa shape index (κ1) is 15.1. The summed E-state index contributed by atoms with van der Waals surface area (Å²) in [7, 11) is -0.670. The summed E-state index contributed by atoms with van der Waals surface area (Å²) in [6.07, 6.45) is 9.78. The molecule has 0 radical (unpaired) electrons. The fraction of sp³-hybridized carbons (Fsp3) is 1.00. The standard InChI is InChI=1S/C12H27NOS/c1-4-5-6-7-8-9-10-13-12(2)11-15(3)14/h12-13H,4-11H2,1-3H3. The molecule has 2 nitrogen and oxygen atoms in total. The van der Waals surface area contributed by atoms with E-state index in [2.05, 4.69) is 19.2 Å². The Morgan fingerprint density at radius 3 is 2.33 bits per heavy atom. The van der Waals surface area contributed by atoms with Crippen LogP contribution in [0.5, 0.6) is 0 Å². The van der Waals surface area contributed by atoms with Crippen LogP contribution in [-0.2, 0) is 10.8 Å². The highest BCUT2D eigenvalue weighted by Crippen LogP contribution is 2.04. The molecule has 0 aliphatic rings. The van der Waals surface area contributed by atoms with E-state index in [1.165, 1.54) is 38.5 Å². The lowest BCUT2D eigenvalue weighted by molar-refractivity contribution is 0.536. The van der Waals surface area contributed by atoms with Crippen LogP contribution in [0.15, 0.2) is 0 Å². The maximum absolute atomic E-state index is 10.9. The molecule has 0 aromatic carbocycles. The molecule has 0 saturated heterocycles. The first-order valence-corrected chi connectivity index (χ1v) is 7.93. The van der Waals surface area contributed by atoms with E-state index in [-0.39, 0.29) is 0 Å². The van der Waals surface area contributed by atoms with Crippen molar-refractivity contribution in [2.45, 2.75) is 58.4 Å².